The maximum absolute atomic E-state index is 13.1. The summed E-state index contributed by atoms with van der Waals surface area (Å²) >= 11 is 12.3. The third-order valence-electron chi connectivity index (χ3n) is 6.37. The number of carbonyl (C=O) groups excluding carboxylic acids is 1. The van der Waals surface area contributed by atoms with Crippen LogP contribution < -0.4 is 5.32 Å². The molecule has 1 amide bonds. The van der Waals surface area contributed by atoms with Crippen LogP contribution in [0.2, 0.25) is 10.0 Å². The molecule has 32 heavy (non-hydrogen) atoms. The molecule has 1 heterocycles. The molecule has 0 aliphatic carbocycles. The molecule has 1 saturated heterocycles. The number of methoxy groups -OCH3 is 1. The number of carboxylic acids is 1. The van der Waals surface area contributed by atoms with Crippen LogP contribution in [0.1, 0.15) is 43.2 Å². The Morgan fingerprint density at radius 2 is 1.94 bits per heavy atom. The first-order valence-electron chi connectivity index (χ1n) is 10.7. The van der Waals surface area contributed by atoms with E-state index in [0.717, 1.165) is 24.0 Å². The quantitative estimate of drug-likeness (QED) is 0.510. The van der Waals surface area contributed by atoms with Gasteiger partial charge in [0.15, 0.2) is 0 Å². The van der Waals surface area contributed by atoms with E-state index in [0.29, 0.717) is 23.1 Å². The fourth-order valence-electron chi connectivity index (χ4n) is 4.71. The van der Waals surface area contributed by atoms with E-state index in [4.69, 9.17) is 27.9 Å². The smallest absolute Gasteiger partial charge is 0.304 e. The Kier molecular flexibility index (Phi) is 8.21. The van der Waals surface area contributed by atoms with Gasteiger partial charge in [0.25, 0.3) is 0 Å². The zero-order valence-corrected chi connectivity index (χ0v) is 19.8. The van der Waals surface area contributed by atoms with Crippen LogP contribution in [0.25, 0.3) is 0 Å². The van der Waals surface area contributed by atoms with Crippen molar-refractivity contribution in [3.63, 3.8) is 0 Å². The van der Waals surface area contributed by atoms with Crippen LogP contribution in [0.4, 0.5) is 0 Å². The van der Waals surface area contributed by atoms with Crippen molar-refractivity contribution in [3.05, 3.63) is 69.7 Å². The lowest BCUT2D eigenvalue weighted by atomic mass is 9.67. The van der Waals surface area contributed by atoms with Gasteiger partial charge in [0.1, 0.15) is 0 Å². The lowest BCUT2D eigenvalue weighted by Gasteiger charge is -2.45. The SMILES string of the molecule is COCC(CCc1ccc(Cl)cc1)C1NC(=O)C(C)(CC(=O)O)CC1c1cccc(Cl)c1. The van der Waals surface area contributed by atoms with Crippen LogP contribution in [0.3, 0.4) is 0 Å². The van der Waals surface area contributed by atoms with Crippen LogP contribution in [0.5, 0.6) is 0 Å². The minimum Gasteiger partial charge on any atom is -0.481 e. The van der Waals surface area contributed by atoms with E-state index in [1.54, 1.807) is 14.0 Å². The zero-order valence-electron chi connectivity index (χ0n) is 18.3. The number of aliphatic carboxylic acids is 1. The zero-order chi connectivity index (χ0) is 23.3. The molecule has 7 heteroatoms. The molecule has 1 fully saturated rings. The maximum Gasteiger partial charge on any atom is 0.304 e. The summed E-state index contributed by atoms with van der Waals surface area (Å²) in [6.45, 7) is 2.20. The van der Waals surface area contributed by atoms with Gasteiger partial charge in [-0.2, -0.15) is 0 Å². The number of hydrogen-bond acceptors (Lipinski definition) is 3. The van der Waals surface area contributed by atoms with Crippen molar-refractivity contribution >= 4 is 35.1 Å². The minimum absolute atomic E-state index is 0.0398. The third-order valence-corrected chi connectivity index (χ3v) is 6.86. The molecular formula is C25H29Cl2NO4. The molecule has 0 radical (unpaired) electrons. The lowest BCUT2D eigenvalue weighted by Crippen LogP contribution is -2.57. The summed E-state index contributed by atoms with van der Waals surface area (Å²) in [7, 11) is 1.66. The van der Waals surface area contributed by atoms with Gasteiger partial charge in [0, 0.05) is 35.0 Å². The molecule has 0 spiro atoms. The van der Waals surface area contributed by atoms with E-state index in [2.05, 4.69) is 5.32 Å². The molecule has 0 aromatic heterocycles. The Hall–Kier alpha value is -2.08. The summed E-state index contributed by atoms with van der Waals surface area (Å²) < 4.78 is 5.53. The number of nitrogens with one attached hydrogen (secondary N) is 1. The van der Waals surface area contributed by atoms with Gasteiger partial charge in [-0.05, 0) is 54.7 Å². The summed E-state index contributed by atoms with van der Waals surface area (Å²) in [6.07, 6.45) is 1.82. The number of halogens is 2. The topological polar surface area (TPSA) is 75.6 Å². The second-order valence-corrected chi connectivity index (χ2v) is 9.75. The number of piperidine rings is 1. The van der Waals surface area contributed by atoms with Gasteiger partial charge in [-0.15, -0.1) is 0 Å². The Bertz CT molecular complexity index is 949. The fraction of sp³-hybridized carbons (Fsp3) is 0.440. The molecule has 3 rings (SSSR count). The molecule has 172 valence electrons. The van der Waals surface area contributed by atoms with Crippen LogP contribution in [0.15, 0.2) is 48.5 Å². The van der Waals surface area contributed by atoms with Crippen LogP contribution in [0, 0.1) is 11.3 Å². The van der Waals surface area contributed by atoms with Crippen LogP contribution in [-0.2, 0) is 20.7 Å². The highest BCUT2D eigenvalue weighted by molar-refractivity contribution is 6.30. The number of ether oxygens (including phenoxy) is 1. The van der Waals surface area contributed by atoms with Crippen molar-refractivity contribution in [1.82, 2.24) is 5.32 Å². The van der Waals surface area contributed by atoms with Gasteiger partial charge >= 0.3 is 5.97 Å². The second-order valence-electron chi connectivity index (χ2n) is 8.88. The molecule has 0 bridgehead atoms. The minimum atomic E-state index is -0.997. The van der Waals surface area contributed by atoms with Crippen molar-refractivity contribution in [2.24, 2.45) is 11.3 Å². The third kappa shape index (κ3) is 6.03. The largest absolute Gasteiger partial charge is 0.481 e. The van der Waals surface area contributed by atoms with E-state index in [1.165, 1.54) is 0 Å². The van der Waals surface area contributed by atoms with Crippen LogP contribution >= 0.6 is 23.2 Å². The molecule has 1 aliphatic heterocycles. The van der Waals surface area contributed by atoms with Crippen molar-refractivity contribution in [1.29, 1.82) is 0 Å². The number of aryl methyl sites for hydroxylation is 1. The fourth-order valence-corrected chi connectivity index (χ4v) is 5.03. The first-order chi connectivity index (χ1) is 15.2. The molecule has 2 aromatic rings. The van der Waals surface area contributed by atoms with Gasteiger partial charge in [0.2, 0.25) is 5.91 Å². The average molecular weight is 478 g/mol. The molecule has 1 aliphatic rings. The predicted molar refractivity (Wildman–Crippen MR) is 126 cm³/mol. The average Bonchev–Trinajstić information content (AvgIpc) is 2.73. The Balaban J connectivity index is 1.90. The van der Waals surface area contributed by atoms with Crippen LogP contribution in [-0.4, -0.2) is 36.7 Å². The summed E-state index contributed by atoms with van der Waals surface area (Å²) in [5.74, 6) is -1.25. The van der Waals surface area contributed by atoms with E-state index in [1.807, 2.05) is 48.5 Å². The molecule has 4 atom stereocenters. The Morgan fingerprint density at radius 1 is 1.22 bits per heavy atom. The van der Waals surface area contributed by atoms with E-state index in [9.17, 15) is 14.7 Å². The number of amides is 1. The van der Waals surface area contributed by atoms with Gasteiger partial charge in [-0.3, -0.25) is 9.59 Å². The first-order valence-corrected chi connectivity index (χ1v) is 11.5. The number of benzene rings is 2. The molecule has 5 nitrogen and oxygen atoms in total. The van der Waals surface area contributed by atoms with Gasteiger partial charge < -0.3 is 15.2 Å². The maximum atomic E-state index is 13.1. The lowest BCUT2D eigenvalue weighted by molar-refractivity contribution is -0.148. The van der Waals surface area contributed by atoms with Gasteiger partial charge in [-0.25, -0.2) is 0 Å². The second kappa shape index (κ2) is 10.7. The van der Waals surface area contributed by atoms with Crippen molar-refractivity contribution in [2.45, 2.75) is 44.6 Å². The highest BCUT2D eigenvalue weighted by Crippen LogP contribution is 2.44. The number of hydrogen-bond donors (Lipinski definition) is 2. The first kappa shape index (κ1) is 24.6. The summed E-state index contributed by atoms with van der Waals surface area (Å²) in [5.41, 5.74) is 1.16. The molecular weight excluding hydrogens is 449 g/mol. The highest BCUT2D eigenvalue weighted by atomic mass is 35.5. The highest BCUT2D eigenvalue weighted by Gasteiger charge is 2.47. The summed E-state index contributed by atoms with van der Waals surface area (Å²) in [5, 5.41) is 13.9. The van der Waals surface area contributed by atoms with Crippen molar-refractivity contribution in [3.8, 4) is 0 Å². The Morgan fingerprint density at radius 3 is 2.56 bits per heavy atom. The van der Waals surface area contributed by atoms with E-state index < -0.39 is 11.4 Å². The normalized spacial score (nSPS) is 24.1. The number of carboxylic acid groups (broad SMARTS) is 1. The Labute approximate surface area is 199 Å². The van der Waals surface area contributed by atoms with Crippen molar-refractivity contribution < 1.29 is 19.4 Å². The monoisotopic (exact) mass is 477 g/mol. The predicted octanol–water partition coefficient (Wildman–Crippen LogP) is 5.34. The van der Waals surface area contributed by atoms with Crippen molar-refractivity contribution in [2.75, 3.05) is 13.7 Å². The standard InChI is InChI=1S/C25H29Cl2NO4/c1-25(14-22(29)30)13-21(17-4-3-5-20(27)12-17)23(28-24(25)31)18(15-32-2)9-6-16-7-10-19(26)11-8-16/h3-5,7-8,10-12,18,21,23H,6,9,13-15H2,1-2H3,(H,28,31)(H,29,30). The molecule has 2 N–H and O–H groups in total. The summed E-state index contributed by atoms with van der Waals surface area (Å²) in [6, 6.07) is 15.1. The van der Waals surface area contributed by atoms with E-state index in [-0.39, 0.29) is 30.2 Å². The van der Waals surface area contributed by atoms with Gasteiger partial charge in [0.05, 0.1) is 18.4 Å². The number of rotatable bonds is 9. The van der Waals surface area contributed by atoms with E-state index >= 15 is 0 Å². The number of carbonyl (C=O) groups is 2. The summed E-state index contributed by atoms with van der Waals surface area (Å²) in [4.78, 5) is 24.6. The molecule has 2 aromatic carbocycles. The molecule has 4 unspecified atom stereocenters. The molecule has 0 saturated carbocycles. The van der Waals surface area contributed by atoms with Gasteiger partial charge in [-0.1, -0.05) is 54.4 Å².